The molecule has 0 aliphatic carbocycles. The first-order valence-corrected chi connectivity index (χ1v) is 5.05. The fourth-order valence-electron chi connectivity index (χ4n) is 1.47. The van der Waals surface area contributed by atoms with Gasteiger partial charge in [0.2, 0.25) is 0 Å². The molecule has 0 aliphatic heterocycles. The van der Waals surface area contributed by atoms with Crippen LogP contribution in [0.15, 0.2) is 35.2 Å². The van der Waals surface area contributed by atoms with Crippen LogP contribution in [0.1, 0.15) is 11.3 Å². The lowest BCUT2D eigenvalue weighted by Gasteiger charge is -2.09. The van der Waals surface area contributed by atoms with E-state index < -0.39 is 0 Å². The molecule has 0 aliphatic rings. The fourth-order valence-corrected chi connectivity index (χ4v) is 1.47. The van der Waals surface area contributed by atoms with Gasteiger partial charge in [-0.25, -0.2) is 4.98 Å². The minimum atomic E-state index is 0.632. The Hall–Kier alpha value is -1.97. The van der Waals surface area contributed by atoms with Gasteiger partial charge in [0.15, 0.2) is 6.39 Å². The molecule has 0 saturated carbocycles. The molecule has 0 atom stereocenters. The molecule has 0 amide bonds. The molecule has 1 aromatic heterocycles. The van der Waals surface area contributed by atoms with Crippen LogP contribution >= 0.6 is 0 Å². The van der Waals surface area contributed by atoms with E-state index in [0.717, 1.165) is 22.8 Å². The molecule has 2 aromatic rings. The number of hydrogen-bond donors (Lipinski definition) is 1. The summed E-state index contributed by atoms with van der Waals surface area (Å²) in [7, 11) is 1.66. The van der Waals surface area contributed by atoms with Gasteiger partial charge in [-0.2, -0.15) is 0 Å². The largest absolute Gasteiger partial charge is 0.497 e. The van der Waals surface area contributed by atoms with Crippen molar-refractivity contribution in [1.29, 1.82) is 0 Å². The molecule has 0 bridgehead atoms. The summed E-state index contributed by atoms with van der Waals surface area (Å²) in [4.78, 5) is 3.86. The highest BCUT2D eigenvalue weighted by atomic mass is 16.5. The van der Waals surface area contributed by atoms with Gasteiger partial charge in [-0.05, 0) is 30.7 Å². The Labute approximate surface area is 94.3 Å². The van der Waals surface area contributed by atoms with E-state index in [1.807, 2.05) is 25.1 Å². The summed E-state index contributed by atoms with van der Waals surface area (Å²) in [6.07, 6.45) is 3.13. The predicted octanol–water partition coefficient (Wildman–Crippen LogP) is 2.60. The molecule has 1 N–H and O–H groups in total. The first-order chi connectivity index (χ1) is 7.79. The topological polar surface area (TPSA) is 47.3 Å². The van der Waals surface area contributed by atoms with Crippen molar-refractivity contribution in [1.82, 2.24) is 4.98 Å². The summed E-state index contributed by atoms with van der Waals surface area (Å²) in [5, 5.41) is 3.28. The van der Waals surface area contributed by atoms with Gasteiger partial charge < -0.3 is 14.5 Å². The Morgan fingerprint density at radius 2 is 2.31 bits per heavy atom. The van der Waals surface area contributed by atoms with Crippen molar-refractivity contribution < 1.29 is 9.15 Å². The molecule has 0 unspecified atom stereocenters. The number of aromatic nitrogens is 1. The first-order valence-electron chi connectivity index (χ1n) is 5.05. The number of anilines is 1. The first kappa shape index (κ1) is 10.5. The summed E-state index contributed by atoms with van der Waals surface area (Å²) in [6, 6.07) is 5.91. The van der Waals surface area contributed by atoms with E-state index in [9.17, 15) is 0 Å². The van der Waals surface area contributed by atoms with E-state index in [4.69, 9.17) is 9.15 Å². The minimum absolute atomic E-state index is 0.632. The van der Waals surface area contributed by atoms with Gasteiger partial charge in [0.25, 0.3) is 0 Å². The van der Waals surface area contributed by atoms with E-state index in [1.54, 1.807) is 13.3 Å². The monoisotopic (exact) mass is 218 g/mol. The zero-order valence-electron chi connectivity index (χ0n) is 9.36. The molecule has 16 heavy (non-hydrogen) atoms. The Bertz CT molecular complexity index is 452. The van der Waals surface area contributed by atoms with Gasteiger partial charge in [0.1, 0.15) is 11.5 Å². The van der Waals surface area contributed by atoms with Crippen LogP contribution in [-0.4, -0.2) is 12.1 Å². The van der Waals surface area contributed by atoms with Gasteiger partial charge in [0.05, 0.1) is 19.9 Å². The van der Waals surface area contributed by atoms with Gasteiger partial charge >= 0.3 is 0 Å². The summed E-state index contributed by atoms with van der Waals surface area (Å²) in [5.74, 6) is 1.68. The van der Waals surface area contributed by atoms with Crippen molar-refractivity contribution in [3.8, 4) is 5.75 Å². The standard InChI is InChI=1S/C12H14N2O2/c1-9-5-10(15-2)3-4-12(9)14-7-11-6-13-8-16-11/h3-6,8,14H,7H2,1-2H3. The maximum atomic E-state index is 5.14. The summed E-state index contributed by atoms with van der Waals surface area (Å²) in [5.41, 5.74) is 2.20. The van der Waals surface area contributed by atoms with Crippen LogP contribution in [-0.2, 0) is 6.54 Å². The fraction of sp³-hybridized carbons (Fsp3) is 0.250. The Morgan fingerprint density at radius 1 is 1.44 bits per heavy atom. The molecule has 84 valence electrons. The van der Waals surface area contributed by atoms with Crippen LogP contribution in [0.5, 0.6) is 5.75 Å². The predicted molar refractivity (Wildman–Crippen MR) is 61.6 cm³/mol. The molecule has 0 spiro atoms. The second-order valence-corrected chi connectivity index (χ2v) is 3.50. The molecule has 0 fully saturated rings. The summed E-state index contributed by atoms with van der Waals surface area (Å²) in [6.45, 7) is 2.67. The third kappa shape index (κ3) is 2.34. The Balaban J connectivity index is 2.04. The van der Waals surface area contributed by atoms with E-state index >= 15 is 0 Å². The maximum Gasteiger partial charge on any atom is 0.180 e. The SMILES string of the molecule is COc1ccc(NCc2cnco2)c(C)c1. The number of oxazole rings is 1. The zero-order chi connectivity index (χ0) is 11.4. The average Bonchev–Trinajstić information content (AvgIpc) is 2.80. The van der Waals surface area contributed by atoms with Crippen LogP contribution < -0.4 is 10.1 Å². The molecular weight excluding hydrogens is 204 g/mol. The minimum Gasteiger partial charge on any atom is -0.497 e. The second-order valence-electron chi connectivity index (χ2n) is 3.50. The van der Waals surface area contributed by atoms with Crippen LogP contribution in [0.25, 0.3) is 0 Å². The van der Waals surface area contributed by atoms with Crippen molar-refractivity contribution in [3.63, 3.8) is 0 Å². The molecule has 2 rings (SSSR count). The number of benzene rings is 1. The maximum absolute atomic E-state index is 5.14. The number of nitrogens with one attached hydrogen (secondary N) is 1. The van der Waals surface area contributed by atoms with Crippen molar-refractivity contribution in [2.24, 2.45) is 0 Å². The van der Waals surface area contributed by atoms with Gasteiger partial charge in [-0.1, -0.05) is 0 Å². The van der Waals surface area contributed by atoms with Crippen LogP contribution in [0.3, 0.4) is 0 Å². The quantitative estimate of drug-likeness (QED) is 0.856. The van der Waals surface area contributed by atoms with Gasteiger partial charge in [0, 0.05) is 5.69 Å². The number of aryl methyl sites for hydroxylation is 1. The van der Waals surface area contributed by atoms with Crippen molar-refractivity contribution in [3.05, 3.63) is 42.1 Å². The van der Waals surface area contributed by atoms with Gasteiger partial charge in [-0.3, -0.25) is 0 Å². The van der Waals surface area contributed by atoms with E-state index in [0.29, 0.717) is 6.54 Å². The lowest BCUT2D eigenvalue weighted by molar-refractivity contribution is 0.414. The number of methoxy groups -OCH3 is 1. The highest BCUT2D eigenvalue weighted by Crippen LogP contribution is 2.21. The lowest BCUT2D eigenvalue weighted by Crippen LogP contribution is -2.00. The van der Waals surface area contributed by atoms with Crippen LogP contribution in [0.4, 0.5) is 5.69 Å². The Kier molecular flexibility index (Phi) is 3.10. The molecule has 1 heterocycles. The van der Waals surface area contributed by atoms with E-state index in [-0.39, 0.29) is 0 Å². The zero-order valence-corrected chi connectivity index (χ0v) is 9.36. The molecule has 0 radical (unpaired) electrons. The molecule has 0 saturated heterocycles. The van der Waals surface area contributed by atoms with Crippen molar-refractivity contribution in [2.45, 2.75) is 13.5 Å². The number of rotatable bonds is 4. The third-order valence-electron chi connectivity index (χ3n) is 2.37. The third-order valence-corrected chi connectivity index (χ3v) is 2.37. The summed E-state index contributed by atoms with van der Waals surface area (Å²) < 4.78 is 10.3. The van der Waals surface area contributed by atoms with E-state index in [2.05, 4.69) is 10.3 Å². The molecule has 1 aromatic carbocycles. The van der Waals surface area contributed by atoms with E-state index in [1.165, 1.54) is 6.39 Å². The molecular formula is C12H14N2O2. The normalized spacial score (nSPS) is 10.1. The van der Waals surface area contributed by atoms with Crippen molar-refractivity contribution in [2.75, 3.05) is 12.4 Å². The smallest absolute Gasteiger partial charge is 0.180 e. The highest BCUT2D eigenvalue weighted by molar-refractivity contribution is 5.53. The number of hydrogen-bond acceptors (Lipinski definition) is 4. The highest BCUT2D eigenvalue weighted by Gasteiger charge is 2.01. The number of nitrogens with zero attached hydrogens (tertiary/aromatic N) is 1. The number of ether oxygens (including phenoxy) is 1. The van der Waals surface area contributed by atoms with Crippen molar-refractivity contribution >= 4 is 5.69 Å². The molecule has 4 nitrogen and oxygen atoms in total. The average molecular weight is 218 g/mol. The lowest BCUT2D eigenvalue weighted by atomic mass is 10.2. The van der Waals surface area contributed by atoms with Crippen LogP contribution in [0.2, 0.25) is 0 Å². The van der Waals surface area contributed by atoms with Crippen LogP contribution in [0, 0.1) is 6.92 Å². The van der Waals surface area contributed by atoms with Gasteiger partial charge in [-0.15, -0.1) is 0 Å². The Morgan fingerprint density at radius 3 is 2.94 bits per heavy atom. The second kappa shape index (κ2) is 4.70. The molecule has 4 heteroatoms. The summed E-state index contributed by atoms with van der Waals surface area (Å²) >= 11 is 0.